The maximum atomic E-state index is 10.0. The van der Waals surface area contributed by atoms with Crippen LogP contribution in [-0.2, 0) is 5.41 Å². The number of rotatable bonds is 0. The Morgan fingerprint density at radius 2 is 1.86 bits per heavy atom. The van der Waals surface area contributed by atoms with E-state index in [2.05, 4.69) is 24.8 Å². The number of hydrogen-bond donors (Lipinski definition) is 1. The van der Waals surface area contributed by atoms with E-state index in [-0.39, 0.29) is 5.75 Å². The molecular formula is C23H19N3O2. The van der Waals surface area contributed by atoms with Gasteiger partial charge in [-0.25, -0.2) is 0 Å². The Morgan fingerprint density at radius 3 is 2.61 bits per heavy atom. The molecule has 138 valence electrons. The largest absolute Gasteiger partial charge is 0.508 e. The fourth-order valence-corrected chi connectivity index (χ4v) is 4.54. The molecule has 1 atom stereocenters. The minimum absolute atomic E-state index is 0.225. The monoisotopic (exact) mass is 369 g/mol. The van der Waals surface area contributed by atoms with Crippen molar-refractivity contribution in [2.45, 2.75) is 25.0 Å². The quantitative estimate of drug-likeness (QED) is 0.627. The molecule has 0 fully saturated rings. The number of aliphatic imine (C=N–C) groups is 1. The molecule has 0 saturated carbocycles. The van der Waals surface area contributed by atoms with Gasteiger partial charge in [0.25, 0.3) is 0 Å². The van der Waals surface area contributed by atoms with Crippen LogP contribution in [0.25, 0.3) is 10.8 Å². The molecule has 3 aromatic carbocycles. The summed E-state index contributed by atoms with van der Waals surface area (Å²) in [7, 11) is 1.97. The van der Waals surface area contributed by atoms with Gasteiger partial charge in [-0.2, -0.15) is 5.26 Å². The predicted molar refractivity (Wildman–Crippen MR) is 110 cm³/mol. The molecule has 0 amide bonds. The first-order chi connectivity index (χ1) is 13.4. The van der Waals surface area contributed by atoms with E-state index in [9.17, 15) is 10.4 Å². The first kappa shape index (κ1) is 16.6. The van der Waals surface area contributed by atoms with Crippen LogP contribution in [0.4, 0.5) is 11.4 Å². The average Bonchev–Trinajstić information content (AvgIpc) is 2.85. The zero-order valence-corrected chi connectivity index (χ0v) is 15.9. The second-order valence-electron chi connectivity index (χ2n) is 7.87. The lowest BCUT2D eigenvalue weighted by atomic mass is 9.77. The summed E-state index contributed by atoms with van der Waals surface area (Å²) in [6.45, 7) is 4.16. The molecule has 1 unspecified atom stereocenters. The van der Waals surface area contributed by atoms with Gasteiger partial charge >= 0.3 is 0 Å². The van der Waals surface area contributed by atoms with Gasteiger partial charge in [-0.1, -0.05) is 24.3 Å². The summed E-state index contributed by atoms with van der Waals surface area (Å²) in [5, 5.41) is 21.4. The minimum atomic E-state index is -0.856. The SMILES string of the molecule is CN1c2ccc(O)cc2C(C)(C)C12C=Nc1c(cc(C#N)c3ccccc13)O2. The second-order valence-corrected chi connectivity index (χ2v) is 7.87. The summed E-state index contributed by atoms with van der Waals surface area (Å²) in [4.78, 5) is 6.87. The number of fused-ring (bicyclic) bond motifs is 4. The molecular weight excluding hydrogens is 350 g/mol. The summed E-state index contributed by atoms with van der Waals surface area (Å²) < 4.78 is 6.62. The van der Waals surface area contributed by atoms with Crippen molar-refractivity contribution >= 4 is 28.4 Å². The van der Waals surface area contributed by atoms with E-state index in [1.165, 1.54) is 0 Å². The van der Waals surface area contributed by atoms with Crippen LogP contribution in [-0.4, -0.2) is 24.1 Å². The molecule has 1 N–H and O–H groups in total. The van der Waals surface area contributed by atoms with Gasteiger partial charge in [0.15, 0.2) is 5.75 Å². The zero-order valence-electron chi connectivity index (χ0n) is 15.9. The molecule has 0 aliphatic carbocycles. The van der Waals surface area contributed by atoms with Gasteiger partial charge in [-0.05, 0) is 37.6 Å². The Bertz CT molecular complexity index is 1220. The number of hydrogen-bond acceptors (Lipinski definition) is 5. The van der Waals surface area contributed by atoms with Gasteiger partial charge in [-0.15, -0.1) is 0 Å². The first-order valence-corrected chi connectivity index (χ1v) is 9.16. The fraction of sp³-hybridized carbons (Fsp3) is 0.217. The van der Waals surface area contributed by atoms with Crippen LogP contribution in [0.5, 0.6) is 11.5 Å². The van der Waals surface area contributed by atoms with Crippen molar-refractivity contribution in [2.75, 3.05) is 11.9 Å². The lowest BCUT2D eigenvalue weighted by molar-refractivity contribution is 0.0826. The number of ether oxygens (including phenoxy) is 1. The number of benzene rings is 3. The van der Waals surface area contributed by atoms with Crippen molar-refractivity contribution in [1.82, 2.24) is 0 Å². The Hall–Kier alpha value is -3.52. The highest BCUT2D eigenvalue weighted by atomic mass is 16.5. The average molecular weight is 369 g/mol. The lowest BCUT2D eigenvalue weighted by Crippen LogP contribution is -2.61. The molecule has 2 aliphatic heterocycles. The highest BCUT2D eigenvalue weighted by Gasteiger charge is 2.58. The van der Waals surface area contributed by atoms with Crippen LogP contribution in [0.3, 0.4) is 0 Å². The van der Waals surface area contributed by atoms with Gasteiger partial charge in [0.05, 0.1) is 23.3 Å². The van der Waals surface area contributed by atoms with Crippen molar-refractivity contribution in [3.63, 3.8) is 0 Å². The molecule has 0 radical (unpaired) electrons. The summed E-state index contributed by atoms with van der Waals surface area (Å²) in [6.07, 6.45) is 1.85. The minimum Gasteiger partial charge on any atom is -0.508 e. The van der Waals surface area contributed by atoms with Gasteiger partial charge in [0.1, 0.15) is 11.4 Å². The topological polar surface area (TPSA) is 68.8 Å². The summed E-state index contributed by atoms with van der Waals surface area (Å²) in [5.74, 6) is 0.817. The molecule has 2 heterocycles. The Kier molecular flexibility index (Phi) is 3.13. The number of phenolic OH excluding ortho intramolecular Hbond substituents is 1. The number of likely N-dealkylation sites (N-methyl/N-ethyl adjacent to an activating group) is 1. The van der Waals surface area contributed by atoms with E-state index >= 15 is 0 Å². The number of nitrogens with zero attached hydrogens (tertiary/aromatic N) is 3. The van der Waals surface area contributed by atoms with Crippen molar-refractivity contribution < 1.29 is 9.84 Å². The lowest BCUT2D eigenvalue weighted by Gasteiger charge is -2.45. The van der Waals surface area contributed by atoms with E-state index in [1.807, 2.05) is 43.6 Å². The molecule has 0 aromatic heterocycles. The van der Waals surface area contributed by atoms with Crippen molar-refractivity contribution in [1.29, 1.82) is 5.26 Å². The Balaban J connectivity index is 1.75. The normalized spacial score (nSPS) is 21.3. The van der Waals surface area contributed by atoms with Crippen LogP contribution < -0.4 is 9.64 Å². The Morgan fingerprint density at radius 1 is 1.11 bits per heavy atom. The van der Waals surface area contributed by atoms with Crippen molar-refractivity contribution in [3.05, 3.63) is 59.7 Å². The van der Waals surface area contributed by atoms with Crippen molar-refractivity contribution in [2.24, 2.45) is 4.99 Å². The highest BCUT2D eigenvalue weighted by Crippen LogP contribution is 2.55. The third-order valence-electron chi connectivity index (χ3n) is 6.14. The van der Waals surface area contributed by atoms with E-state index < -0.39 is 11.1 Å². The third-order valence-corrected chi connectivity index (χ3v) is 6.14. The van der Waals surface area contributed by atoms with E-state index in [4.69, 9.17) is 9.73 Å². The second kappa shape index (κ2) is 5.26. The van der Waals surface area contributed by atoms with Crippen LogP contribution in [0.2, 0.25) is 0 Å². The molecule has 5 nitrogen and oxygen atoms in total. The van der Waals surface area contributed by atoms with Crippen LogP contribution in [0.1, 0.15) is 25.0 Å². The highest BCUT2D eigenvalue weighted by molar-refractivity contribution is 6.02. The summed E-state index contributed by atoms with van der Waals surface area (Å²) >= 11 is 0. The number of anilines is 1. The van der Waals surface area contributed by atoms with Crippen LogP contribution >= 0.6 is 0 Å². The van der Waals surface area contributed by atoms with Crippen LogP contribution in [0, 0.1) is 11.3 Å². The summed E-state index contributed by atoms with van der Waals surface area (Å²) in [5.41, 5.74) is 1.95. The number of phenols is 1. The van der Waals surface area contributed by atoms with Gasteiger partial charge < -0.3 is 14.7 Å². The molecule has 0 saturated heterocycles. The smallest absolute Gasteiger partial charge is 0.228 e. The first-order valence-electron chi connectivity index (χ1n) is 9.16. The Labute approximate surface area is 163 Å². The molecule has 0 bridgehead atoms. The molecule has 1 spiro atoms. The van der Waals surface area contributed by atoms with E-state index in [1.54, 1.807) is 18.2 Å². The van der Waals surface area contributed by atoms with Crippen molar-refractivity contribution in [3.8, 4) is 17.6 Å². The fourth-order valence-electron chi connectivity index (χ4n) is 4.54. The maximum Gasteiger partial charge on any atom is 0.228 e. The van der Waals surface area contributed by atoms with Gasteiger partial charge in [0, 0.05) is 29.6 Å². The molecule has 5 rings (SSSR count). The van der Waals surface area contributed by atoms with Crippen LogP contribution in [0.15, 0.2) is 53.5 Å². The molecule has 3 aromatic rings. The van der Waals surface area contributed by atoms with E-state index in [0.29, 0.717) is 11.3 Å². The summed E-state index contributed by atoms with van der Waals surface area (Å²) in [6, 6.07) is 17.2. The molecule has 5 heteroatoms. The standard InChI is InChI=1S/C23H19N3O2/c1-22(2)18-11-15(27)8-9-19(18)26(3)23(22)13-25-21-17-7-5-4-6-16(17)14(12-24)10-20(21)28-23/h4-11,13,27H,1-3H3. The number of nitriles is 1. The molecule has 2 aliphatic rings. The maximum absolute atomic E-state index is 10.0. The predicted octanol–water partition coefficient (Wildman–Crippen LogP) is 4.64. The van der Waals surface area contributed by atoms with E-state index in [0.717, 1.165) is 27.7 Å². The number of aromatic hydroxyl groups is 1. The molecule has 28 heavy (non-hydrogen) atoms. The zero-order chi connectivity index (χ0) is 19.7. The van der Waals surface area contributed by atoms with Gasteiger partial charge in [-0.3, -0.25) is 4.99 Å². The van der Waals surface area contributed by atoms with Gasteiger partial charge in [0.2, 0.25) is 5.72 Å². The third kappa shape index (κ3) is 1.87.